The molecule has 19 heavy (non-hydrogen) atoms. The Balaban J connectivity index is 1.67. The van der Waals surface area contributed by atoms with Gasteiger partial charge in [-0.25, -0.2) is 4.98 Å². The summed E-state index contributed by atoms with van der Waals surface area (Å²) < 4.78 is 6.74. The molecule has 1 N–H and O–H groups in total. The molecule has 0 spiro atoms. The van der Waals surface area contributed by atoms with Gasteiger partial charge in [0.25, 0.3) is 0 Å². The number of fused-ring (bicyclic) bond motifs is 1. The third-order valence-electron chi connectivity index (χ3n) is 3.46. The zero-order chi connectivity index (χ0) is 13.2. The number of hydrogen-bond acceptors (Lipinski definition) is 4. The summed E-state index contributed by atoms with van der Waals surface area (Å²) in [6, 6.07) is 6.52. The number of halogens is 1. The second kappa shape index (κ2) is 5.61. The number of aliphatic hydroxyl groups excluding tert-OH is 1. The fraction of sp³-hybridized carbons (Fsp3) is 0.500. The maximum Gasteiger partial charge on any atom is 0.196 e. The van der Waals surface area contributed by atoms with Gasteiger partial charge in [-0.2, -0.15) is 0 Å². The van der Waals surface area contributed by atoms with Crippen molar-refractivity contribution in [3.8, 4) is 0 Å². The highest BCUT2D eigenvalue weighted by atomic mass is 79.9. The van der Waals surface area contributed by atoms with Gasteiger partial charge in [0, 0.05) is 30.0 Å². The van der Waals surface area contributed by atoms with E-state index >= 15 is 0 Å². The summed E-state index contributed by atoms with van der Waals surface area (Å²) in [6.07, 6.45) is 3.30. The van der Waals surface area contributed by atoms with Crippen molar-refractivity contribution in [3.05, 3.63) is 28.6 Å². The lowest BCUT2D eigenvalue weighted by molar-refractivity contribution is 0.188. The second-order valence-electron chi connectivity index (χ2n) is 4.96. The Bertz CT molecular complexity index is 566. The number of aromatic nitrogens is 1. The predicted octanol–water partition coefficient (Wildman–Crippen LogP) is 2.59. The van der Waals surface area contributed by atoms with Gasteiger partial charge in [-0.1, -0.05) is 15.9 Å². The predicted molar refractivity (Wildman–Crippen MR) is 77.1 cm³/mol. The fourth-order valence-corrected chi connectivity index (χ4v) is 2.69. The van der Waals surface area contributed by atoms with Gasteiger partial charge in [-0.3, -0.25) is 4.90 Å². The van der Waals surface area contributed by atoms with E-state index in [0.717, 1.165) is 41.0 Å². The van der Waals surface area contributed by atoms with Crippen molar-refractivity contribution in [2.75, 3.05) is 19.7 Å². The zero-order valence-electron chi connectivity index (χ0n) is 10.7. The quantitative estimate of drug-likeness (QED) is 0.887. The SMILES string of the molecule is OCCN(CCc1nc2cc(Br)ccc2o1)C1CC1. The minimum absolute atomic E-state index is 0.219. The van der Waals surface area contributed by atoms with E-state index in [2.05, 4.69) is 25.8 Å². The highest BCUT2D eigenvalue weighted by Crippen LogP contribution is 2.27. The van der Waals surface area contributed by atoms with Crippen LogP contribution in [0.3, 0.4) is 0 Å². The van der Waals surface area contributed by atoms with Crippen LogP contribution in [0.1, 0.15) is 18.7 Å². The smallest absolute Gasteiger partial charge is 0.196 e. The molecule has 0 atom stereocenters. The van der Waals surface area contributed by atoms with E-state index in [4.69, 9.17) is 9.52 Å². The number of oxazole rings is 1. The van der Waals surface area contributed by atoms with Crippen LogP contribution in [0.2, 0.25) is 0 Å². The van der Waals surface area contributed by atoms with Crippen molar-refractivity contribution >= 4 is 27.0 Å². The Hall–Kier alpha value is -0.910. The van der Waals surface area contributed by atoms with E-state index in [1.807, 2.05) is 18.2 Å². The van der Waals surface area contributed by atoms with Crippen molar-refractivity contribution < 1.29 is 9.52 Å². The molecule has 1 saturated carbocycles. The van der Waals surface area contributed by atoms with E-state index < -0.39 is 0 Å². The number of benzene rings is 1. The van der Waals surface area contributed by atoms with Crippen LogP contribution in [-0.2, 0) is 6.42 Å². The molecular formula is C14H17BrN2O2. The topological polar surface area (TPSA) is 49.5 Å². The largest absolute Gasteiger partial charge is 0.441 e. The van der Waals surface area contributed by atoms with Gasteiger partial charge in [0.15, 0.2) is 11.5 Å². The lowest BCUT2D eigenvalue weighted by atomic mass is 10.3. The first-order valence-corrected chi connectivity index (χ1v) is 7.45. The molecule has 1 aromatic carbocycles. The first-order chi connectivity index (χ1) is 9.26. The van der Waals surface area contributed by atoms with Gasteiger partial charge in [0.05, 0.1) is 6.61 Å². The van der Waals surface area contributed by atoms with Crippen molar-refractivity contribution in [2.24, 2.45) is 0 Å². The Kier molecular flexibility index (Phi) is 3.86. The average molecular weight is 325 g/mol. The van der Waals surface area contributed by atoms with Gasteiger partial charge in [-0.15, -0.1) is 0 Å². The van der Waals surface area contributed by atoms with Crippen LogP contribution >= 0.6 is 15.9 Å². The van der Waals surface area contributed by atoms with Crippen LogP contribution in [-0.4, -0.2) is 40.7 Å². The minimum atomic E-state index is 0.219. The maximum absolute atomic E-state index is 9.07. The van der Waals surface area contributed by atoms with Gasteiger partial charge in [0.1, 0.15) is 5.52 Å². The molecule has 5 heteroatoms. The van der Waals surface area contributed by atoms with E-state index in [9.17, 15) is 0 Å². The van der Waals surface area contributed by atoms with Crippen molar-refractivity contribution in [3.63, 3.8) is 0 Å². The molecule has 0 radical (unpaired) electrons. The first kappa shape index (κ1) is 13.1. The molecule has 1 aliphatic carbocycles. The molecule has 0 bridgehead atoms. The molecule has 1 fully saturated rings. The Labute approximate surface area is 120 Å². The van der Waals surface area contributed by atoms with Crippen LogP contribution in [0.5, 0.6) is 0 Å². The summed E-state index contributed by atoms with van der Waals surface area (Å²) in [5.74, 6) is 0.775. The summed E-state index contributed by atoms with van der Waals surface area (Å²) in [4.78, 5) is 6.82. The third-order valence-corrected chi connectivity index (χ3v) is 3.95. The van der Waals surface area contributed by atoms with Gasteiger partial charge in [-0.05, 0) is 31.0 Å². The maximum atomic E-state index is 9.07. The molecule has 102 valence electrons. The summed E-state index contributed by atoms with van der Waals surface area (Å²) in [7, 11) is 0. The van der Waals surface area contributed by atoms with Crippen molar-refractivity contribution in [1.29, 1.82) is 0 Å². The molecule has 3 rings (SSSR count). The monoisotopic (exact) mass is 324 g/mol. The molecule has 0 aliphatic heterocycles. The van der Waals surface area contributed by atoms with Gasteiger partial charge >= 0.3 is 0 Å². The standard InChI is InChI=1S/C14H17BrN2O2/c15-10-1-4-13-12(9-10)16-14(19-13)5-6-17(7-8-18)11-2-3-11/h1,4,9,11,18H,2-3,5-8H2. The Morgan fingerprint density at radius 3 is 2.95 bits per heavy atom. The van der Waals surface area contributed by atoms with E-state index in [1.54, 1.807) is 0 Å². The van der Waals surface area contributed by atoms with Crippen LogP contribution < -0.4 is 0 Å². The van der Waals surface area contributed by atoms with Crippen LogP contribution in [0.4, 0.5) is 0 Å². The Morgan fingerprint density at radius 1 is 1.37 bits per heavy atom. The van der Waals surface area contributed by atoms with Gasteiger partial charge in [0.2, 0.25) is 0 Å². The zero-order valence-corrected chi connectivity index (χ0v) is 12.3. The normalized spacial score (nSPS) is 15.5. The van der Waals surface area contributed by atoms with E-state index in [0.29, 0.717) is 6.04 Å². The fourth-order valence-electron chi connectivity index (χ4n) is 2.34. The highest BCUT2D eigenvalue weighted by molar-refractivity contribution is 9.10. The molecule has 0 amide bonds. The number of nitrogens with zero attached hydrogens (tertiary/aromatic N) is 2. The number of aliphatic hydroxyl groups is 1. The molecule has 1 aromatic heterocycles. The lowest BCUT2D eigenvalue weighted by Gasteiger charge is -2.19. The second-order valence-corrected chi connectivity index (χ2v) is 5.88. The Morgan fingerprint density at radius 2 is 2.21 bits per heavy atom. The van der Waals surface area contributed by atoms with Crippen LogP contribution in [0, 0.1) is 0 Å². The average Bonchev–Trinajstić information content (AvgIpc) is 3.15. The molecule has 1 aliphatic rings. The van der Waals surface area contributed by atoms with E-state index in [1.165, 1.54) is 12.8 Å². The molecular weight excluding hydrogens is 308 g/mol. The highest BCUT2D eigenvalue weighted by Gasteiger charge is 2.28. The van der Waals surface area contributed by atoms with Crippen molar-refractivity contribution in [2.45, 2.75) is 25.3 Å². The number of rotatable bonds is 6. The molecule has 0 unspecified atom stereocenters. The van der Waals surface area contributed by atoms with E-state index in [-0.39, 0.29) is 6.61 Å². The lowest BCUT2D eigenvalue weighted by Crippen LogP contribution is -2.31. The molecule has 0 saturated heterocycles. The summed E-state index contributed by atoms with van der Waals surface area (Å²) >= 11 is 3.43. The van der Waals surface area contributed by atoms with Crippen LogP contribution in [0.15, 0.2) is 27.1 Å². The van der Waals surface area contributed by atoms with Gasteiger partial charge < -0.3 is 9.52 Å². The van der Waals surface area contributed by atoms with Crippen molar-refractivity contribution in [1.82, 2.24) is 9.88 Å². The van der Waals surface area contributed by atoms with Crippen LogP contribution in [0.25, 0.3) is 11.1 Å². The summed E-state index contributed by atoms with van der Waals surface area (Å²) in [5, 5.41) is 9.07. The summed E-state index contributed by atoms with van der Waals surface area (Å²) in [6.45, 7) is 1.87. The molecule has 4 nitrogen and oxygen atoms in total. The third kappa shape index (κ3) is 3.16. The number of hydrogen-bond donors (Lipinski definition) is 1. The molecule has 1 heterocycles. The first-order valence-electron chi connectivity index (χ1n) is 6.66. The molecule has 2 aromatic rings. The minimum Gasteiger partial charge on any atom is -0.441 e. The summed E-state index contributed by atoms with van der Waals surface area (Å²) in [5.41, 5.74) is 1.72.